The van der Waals surface area contributed by atoms with Gasteiger partial charge in [-0.1, -0.05) is 37.3 Å². The molecular weight excluding hydrogens is 190 g/mol. The van der Waals surface area contributed by atoms with Crippen LogP contribution in [0.15, 0.2) is 30.3 Å². The first-order valence-electron chi connectivity index (χ1n) is 5.01. The molecule has 0 amide bonds. The second-order valence-corrected chi connectivity index (χ2v) is 4.25. The summed E-state index contributed by atoms with van der Waals surface area (Å²) in [5.41, 5.74) is 6.42. The molecule has 1 aromatic carbocycles. The van der Waals surface area contributed by atoms with Crippen molar-refractivity contribution in [3.63, 3.8) is 0 Å². The monoisotopic (exact) mass is 207 g/mol. The van der Waals surface area contributed by atoms with Crippen LogP contribution in [0.4, 0.5) is 0 Å². The quantitative estimate of drug-likeness (QED) is 0.772. The molecule has 3 N–H and O–H groups in total. The van der Waals surface area contributed by atoms with Crippen molar-refractivity contribution >= 4 is 5.97 Å². The highest BCUT2D eigenvalue weighted by Gasteiger charge is 2.26. The van der Waals surface area contributed by atoms with Crippen molar-refractivity contribution in [3.8, 4) is 0 Å². The van der Waals surface area contributed by atoms with E-state index in [0.717, 1.165) is 5.56 Å². The highest BCUT2D eigenvalue weighted by Crippen LogP contribution is 2.25. The Labute approximate surface area is 89.9 Å². The van der Waals surface area contributed by atoms with E-state index in [-0.39, 0.29) is 11.8 Å². The Morgan fingerprint density at radius 1 is 1.40 bits per heavy atom. The van der Waals surface area contributed by atoms with Gasteiger partial charge in [-0.2, -0.15) is 0 Å². The summed E-state index contributed by atoms with van der Waals surface area (Å²) in [7, 11) is 0. The van der Waals surface area contributed by atoms with Gasteiger partial charge in [0.15, 0.2) is 0 Å². The van der Waals surface area contributed by atoms with Gasteiger partial charge < -0.3 is 10.8 Å². The molecule has 1 aromatic rings. The minimum Gasteiger partial charge on any atom is -0.481 e. The van der Waals surface area contributed by atoms with Gasteiger partial charge in [-0.15, -0.1) is 0 Å². The van der Waals surface area contributed by atoms with Gasteiger partial charge in [0.2, 0.25) is 0 Å². The summed E-state index contributed by atoms with van der Waals surface area (Å²) in [6.07, 6.45) is 0.815. The Hall–Kier alpha value is -1.35. The maximum absolute atomic E-state index is 10.7. The summed E-state index contributed by atoms with van der Waals surface area (Å²) in [6, 6.07) is 9.84. The molecule has 0 heterocycles. The SMILES string of the molecule is CC(CN)(CC(=O)O)Cc1ccccc1. The van der Waals surface area contributed by atoms with E-state index in [1.807, 2.05) is 37.3 Å². The van der Waals surface area contributed by atoms with Crippen molar-refractivity contribution in [1.82, 2.24) is 0 Å². The van der Waals surface area contributed by atoms with E-state index < -0.39 is 5.97 Å². The van der Waals surface area contributed by atoms with Gasteiger partial charge in [-0.3, -0.25) is 4.79 Å². The van der Waals surface area contributed by atoms with Crippen molar-refractivity contribution in [2.24, 2.45) is 11.1 Å². The fourth-order valence-corrected chi connectivity index (χ4v) is 1.66. The summed E-state index contributed by atoms with van der Waals surface area (Å²) >= 11 is 0. The smallest absolute Gasteiger partial charge is 0.303 e. The molecule has 0 aliphatic rings. The number of carboxylic acids is 1. The van der Waals surface area contributed by atoms with Crippen molar-refractivity contribution in [2.75, 3.05) is 6.54 Å². The molecule has 15 heavy (non-hydrogen) atoms. The highest BCUT2D eigenvalue weighted by atomic mass is 16.4. The number of nitrogens with two attached hydrogens (primary N) is 1. The fraction of sp³-hybridized carbons (Fsp3) is 0.417. The summed E-state index contributed by atoms with van der Waals surface area (Å²) in [5, 5.41) is 8.80. The first-order valence-corrected chi connectivity index (χ1v) is 5.01. The Bertz CT molecular complexity index is 324. The number of aliphatic carboxylic acids is 1. The van der Waals surface area contributed by atoms with Gasteiger partial charge >= 0.3 is 5.97 Å². The topological polar surface area (TPSA) is 63.3 Å². The largest absolute Gasteiger partial charge is 0.481 e. The summed E-state index contributed by atoms with van der Waals surface area (Å²) in [5.74, 6) is -0.793. The first kappa shape index (κ1) is 11.7. The first-order chi connectivity index (χ1) is 7.06. The lowest BCUT2D eigenvalue weighted by Gasteiger charge is -2.26. The maximum atomic E-state index is 10.7. The lowest BCUT2D eigenvalue weighted by atomic mass is 9.81. The number of benzene rings is 1. The second kappa shape index (κ2) is 4.94. The molecule has 1 unspecified atom stereocenters. The van der Waals surface area contributed by atoms with E-state index in [0.29, 0.717) is 13.0 Å². The summed E-state index contributed by atoms with van der Waals surface area (Å²) in [4.78, 5) is 10.7. The second-order valence-electron chi connectivity index (χ2n) is 4.25. The lowest BCUT2D eigenvalue weighted by molar-refractivity contribution is -0.139. The van der Waals surface area contributed by atoms with Gasteiger partial charge in [0.25, 0.3) is 0 Å². The Balaban J connectivity index is 2.72. The predicted molar refractivity (Wildman–Crippen MR) is 59.6 cm³/mol. The zero-order valence-corrected chi connectivity index (χ0v) is 8.94. The Kier molecular flexibility index (Phi) is 3.86. The molecule has 3 heteroatoms. The van der Waals surface area contributed by atoms with Gasteiger partial charge in [0, 0.05) is 0 Å². The van der Waals surface area contributed by atoms with Crippen molar-refractivity contribution in [1.29, 1.82) is 0 Å². The van der Waals surface area contributed by atoms with Gasteiger partial charge in [-0.05, 0) is 23.9 Å². The molecule has 3 nitrogen and oxygen atoms in total. The number of hydrogen-bond donors (Lipinski definition) is 2. The standard InChI is InChI=1S/C12H17NO2/c1-12(9-13,8-11(14)15)7-10-5-3-2-4-6-10/h2-6H,7-9,13H2,1H3,(H,14,15). The van der Waals surface area contributed by atoms with E-state index in [4.69, 9.17) is 10.8 Å². The van der Waals surface area contributed by atoms with Crippen LogP contribution in [0.2, 0.25) is 0 Å². The van der Waals surface area contributed by atoms with E-state index in [9.17, 15) is 4.79 Å². The van der Waals surface area contributed by atoms with Gasteiger partial charge in [-0.25, -0.2) is 0 Å². The van der Waals surface area contributed by atoms with Crippen LogP contribution in [0, 0.1) is 5.41 Å². The van der Waals surface area contributed by atoms with Crippen LogP contribution >= 0.6 is 0 Å². The third-order valence-corrected chi connectivity index (χ3v) is 2.54. The molecule has 0 spiro atoms. The van der Waals surface area contributed by atoms with E-state index in [2.05, 4.69) is 0 Å². The molecule has 0 aliphatic carbocycles. The van der Waals surface area contributed by atoms with Gasteiger partial charge in [0.05, 0.1) is 6.42 Å². The molecule has 0 saturated carbocycles. The molecule has 0 aliphatic heterocycles. The lowest BCUT2D eigenvalue weighted by Crippen LogP contribution is -2.32. The number of rotatable bonds is 5. The summed E-state index contributed by atoms with van der Waals surface area (Å²) in [6.45, 7) is 2.29. The van der Waals surface area contributed by atoms with Crippen LogP contribution in [0.25, 0.3) is 0 Å². The van der Waals surface area contributed by atoms with Gasteiger partial charge in [0.1, 0.15) is 0 Å². The molecule has 0 saturated heterocycles. The molecule has 82 valence electrons. The third-order valence-electron chi connectivity index (χ3n) is 2.54. The van der Waals surface area contributed by atoms with Crippen molar-refractivity contribution in [2.45, 2.75) is 19.8 Å². The van der Waals surface area contributed by atoms with Crippen LogP contribution in [-0.4, -0.2) is 17.6 Å². The Morgan fingerprint density at radius 3 is 2.47 bits per heavy atom. The van der Waals surface area contributed by atoms with E-state index in [1.54, 1.807) is 0 Å². The molecule has 1 atom stereocenters. The number of hydrogen-bond acceptors (Lipinski definition) is 2. The summed E-state index contributed by atoms with van der Waals surface area (Å²) < 4.78 is 0. The zero-order chi connectivity index (χ0) is 11.3. The van der Waals surface area contributed by atoms with E-state index in [1.165, 1.54) is 0 Å². The van der Waals surface area contributed by atoms with Crippen LogP contribution < -0.4 is 5.73 Å². The number of carboxylic acid groups (broad SMARTS) is 1. The van der Waals surface area contributed by atoms with Crippen LogP contribution in [0.3, 0.4) is 0 Å². The third kappa shape index (κ3) is 3.72. The maximum Gasteiger partial charge on any atom is 0.303 e. The Morgan fingerprint density at radius 2 is 2.00 bits per heavy atom. The normalized spacial score (nSPS) is 14.5. The van der Waals surface area contributed by atoms with Crippen LogP contribution in [0.5, 0.6) is 0 Å². The average Bonchev–Trinajstić information content (AvgIpc) is 2.18. The fourth-order valence-electron chi connectivity index (χ4n) is 1.66. The highest BCUT2D eigenvalue weighted by molar-refractivity contribution is 5.67. The van der Waals surface area contributed by atoms with Crippen molar-refractivity contribution < 1.29 is 9.90 Å². The van der Waals surface area contributed by atoms with Crippen LogP contribution in [0.1, 0.15) is 18.9 Å². The molecular formula is C12H17NO2. The molecule has 0 aromatic heterocycles. The average molecular weight is 207 g/mol. The van der Waals surface area contributed by atoms with Crippen molar-refractivity contribution in [3.05, 3.63) is 35.9 Å². The van der Waals surface area contributed by atoms with Crippen LogP contribution in [-0.2, 0) is 11.2 Å². The number of carbonyl (C=O) groups is 1. The minimum atomic E-state index is -0.793. The molecule has 0 bridgehead atoms. The predicted octanol–water partition coefficient (Wildman–Crippen LogP) is 1.67. The molecule has 0 fully saturated rings. The minimum absolute atomic E-state index is 0.110. The zero-order valence-electron chi connectivity index (χ0n) is 8.94. The van der Waals surface area contributed by atoms with E-state index >= 15 is 0 Å². The molecule has 0 radical (unpaired) electrons. The molecule has 1 rings (SSSR count).